The summed E-state index contributed by atoms with van der Waals surface area (Å²) in [6.45, 7) is 6.98. The van der Waals surface area contributed by atoms with Crippen LogP contribution in [0.3, 0.4) is 0 Å². The Morgan fingerprint density at radius 1 is 0.791 bits per heavy atom. The van der Waals surface area contributed by atoms with Crippen LogP contribution in [0, 0.1) is 11.3 Å². The van der Waals surface area contributed by atoms with Gasteiger partial charge in [0.1, 0.15) is 29.4 Å². The van der Waals surface area contributed by atoms with Crippen LogP contribution in [0.5, 0.6) is 17.2 Å². The molecule has 0 aliphatic carbocycles. The summed E-state index contributed by atoms with van der Waals surface area (Å²) in [4.78, 5) is 26.0. The molecule has 3 aromatic carbocycles. The molecule has 43 heavy (non-hydrogen) atoms. The van der Waals surface area contributed by atoms with Gasteiger partial charge in [0.2, 0.25) is 0 Å². The highest BCUT2D eigenvalue weighted by atomic mass is 16.5. The zero-order chi connectivity index (χ0) is 30.7. The summed E-state index contributed by atoms with van der Waals surface area (Å²) in [5, 5.41) is 9.00. The highest BCUT2D eigenvalue weighted by Gasteiger charge is 2.18. The number of carbonyl (C=O) groups excluding carboxylic acids is 2. The minimum Gasteiger partial charge on any atom is -0.494 e. The number of rotatable bonds is 19. The second-order valence-electron chi connectivity index (χ2n) is 10.2. The van der Waals surface area contributed by atoms with Gasteiger partial charge >= 0.3 is 11.9 Å². The van der Waals surface area contributed by atoms with Gasteiger partial charge in [-0.25, -0.2) is 9.59 Å². The molecule has 0 spiro atoms. The van der Waals surface area contributed by atoms with E-state index in [9.17, 15) is 9.59 Å². The monoisotopic (exact) mass is 583 g/mol. The van der Waals surface area contributed by atoms with E-state index in [1.807, 2.05) is 6.08 Å². The number of nitriles is 1. The van der Waals surface area contributed by atoms with Gasteiger partial charge in [-0.3, -0.25) is 0 Å². The van der Waals surface area contributed by atoms with Crippen molar-refractivity contribution in [3.63, 3.8) is 0 Å². The van der Waals surface area contributed by atoms with E-state index in [1.54, 1.807) is 60.7 Å². The van der Waals surface area contributed by atoms with Crippen molar-refractivity contribution in [2.75, 3.05) is 13.2 Å². The number of allylic oxidation sites excluding steroid dienone is 1. The first kappa shape index (κ1) is 32.9. The average Bonchev–Trinajstić information content (AvgIpc) is 3.04. The molecular formula is C36H41NO6. The summed E-state index contributed by atoms with van der Waals surface area (Å²) in [5.74, 6) is 0.0804. The summed E-state index contributed by atoms with van der Waals surface area (Å²) in [7, 11) is 0. The Morgan fingerprint density at radius 2 is 1.47 bits per heavy atom. The van der Waals surface area contributed by atoms with Crippen molar-refractivity contribution in [3.05, 3.63) is 102 Å². The lowest BCUT2D eigenvalue weighted by Gasteiger charge is -2.13. The lowest BCUT2D eigenvalue weighted by atomic mass is 10.1. The molecule has 0 unspecified atom stereocenters. The van der Waals surface area contributed by atoms with Gasteiger partial charge in [0, 0.05) is 0 Å². The zero-order valence-electron chi connectivity index (χ0n) is 25.0. The molecule has 0 aliphatic rings. The molecule has 0 atom stereocenters. The number of unbranched alkanes of at least 4 members (excludes halogenated alkanes) is 7. The molecule has 7 nitrogen and oxygen atoms in total. The van der Waals surface area contributed by atoms with Crippen LogP contribution in [-0.2, 0) is 11.3 Å². The molecule has 0 heterocycles. The molecule has 0 fully saturated rings. The van der Waals surface area contributed by atoms with Crippen molar-refractivity contribution in [3.8, 4) is 23.3 Å². The maximum Gasteiger partial charge on any atom is 0.343 e. The molecular weight excluding hydrogens is 542 g/mol. The van der Waals surface area contributed by atoms with E-state index in [0.717, 1.165) is 44.1 Å². The SMILES string of the molecule is C=CCCCCOc1ccc(C(=O)Oc2ccc(OCCCCCCCC)c(C(=O)OCc3ccc(C#N)cc3)c2)cc1. The summed E-state index contributed by atoms with van der Waals surface area (Å²) < 4.78 is 22.8. The highest BCUT2D eigenvalue weighted by molar-refractivity contribution is 5.94. The number of esters is 2. The fraction of sp³-hybridized carbons (Fsp3) is 0.361. The summed E-state index contributed by atoms with van der Waals surface area (Å²) in [5.41, 5.74) is 1.79. The summed E-state index contributed by atoms with van der Waals surface area (Å²) in [6, 6.07) is 20.3. The number of hydrogen-bond donors (Lipinski definition) is 0. The Bertz CT molecular complexity index is 1340. The quantitative estimate of drug-likeness (QED) is 0.0603. The van der Waals surface area contributed by atoms with Crippen molar-refractivity contribution >= 4 is 11.9 Å². The van der Waals surface area contributed by atoms with Crippen molar-refractivity contribution in [1.82, 2.24) is 0 Å². The van der Waals surface area contributed by atoms with Gasteiger partial charge in [0.25, 0.3) is 0 Å². The molecule has 3 rings (SSSR count). The fourth-order valence-corrected chi connectivity index (χ4v) is 4.26. The number of nitrogens with zero attached hydrogens (tertiary/aromatic N) is 1. The molecule has 0 N–H and O–H groups in total. The van der Waals surface area contributed by atoms with E-state index in [0.29, 0.717) is 35.8 Å². The zero-order valence-corrected chi connectivity index (χ0v) is 25.0. The fourth-order valence-electron chi connectivity index (χ4n) is 4.26. The molecule has 0 radical (unpaired) electrons. The largest absolute Gasteiger partial charge is 0.494 e. The third-order valence-electron chi connectivity index (χ3n) is 6.75. The van der Waals surface area contributed by atoms with Crippen LogP contribution in [0.1, 0.15) is 96.6 Å². The molecule has 0 saturated carbocycles. The van der Waals surface area contributed by atoms with Gasteiger partial charge in [-0.2, -0.15) is 5.26 Å². The number of carbonyl (C=O) groups is 2. The molecule has 0 bridgehead atoms. The first-order valence-corrected chi connectivity index (χ1v) is 15.0. The average molecular weight is 584 g/mol. The molecule has 7 heteroatoms. The van der Waals surface area contributed by atoms with Gasteiger partial charge in [-0.1, -0.05) is 57.2 Å². The Kier molecular flexibility index (Phi) is 14.4. The maximum absolute atomic E-state index is 13.1. The Labute approximate surface area is 255 Å². The first-order chi connectivity index (χ1) is 21.0. The predicted octanol–water partition coefficient (Wildman–Crippen LogP) is 8.61. The van der Waals surface area contributed by atoms with Gasteiger partial charge in [-0.05, 0) is 85.8 Å². The van der Waals surface area contributed by atoms with Gasteiger partial charge in [0.15, 0.2) is 0 Å². The third-order valence-corrected chi connectivity index (χ3v) is 6.75. The minimum absolute atomic E-state index is 0.0219. The van der Waals surface area contributed by atoms with Gasteiger partial charge in [0.05, 0.1) is 30.4 Å². The molecule has 0 saturated heterocycles. The molecule has 0 aromatic heterocycles. The van der Waals surface area contributed by atoms with Crippen molar-refractivity contribution in [1.29, 1.82) is 5.26 Å². The second-order valence-corrected chi connectivity index (χ2v) is 10.2. The lowest BCUT2D eigenvalue weighted by Crippen LogP contribution is -2.12. The highest BCUT2D eigenvalue weighted by Crippen LogP contribution is 2.27. The van der Waals surface area contributed by atoms with Crippen molar-refractivity contribution in [2.45, 2.75) is 71.3 Å². The van der Waals surface area contributed by atoms with E-state index in [-0.39, 0.29) is 17.9 Å². The van der Waals surface area contributed by atoms with Crippen LogP contribution >= 0.6 is 0 Å². The van der Waals surface area contributed by atoms with Gasteiger partial charge < -0.3 is 18.9 Å². The van der Waals surface area contributed by atoms with E-state index in [1.165, 1.54) is 25.3 Å². The van der Waals surface area contributed by atoms with Crippen LogP contribution in [0.4, 0.5) is 0 Å². The van der Waals surface area contributed by atoms with E-state index < -0.39 is 11.9 Å². The van der Waals surface area contributed by atoms with E-state index >= 15 is 0 Å². The van der Waals surface area contributed by atoms with E-state index in [4.69, 9.17) is 24.2 Å². The standard InChI is InChI=1S/C36H41NO6/c1-3-5-7-9-10-12-24-41-34-22-21-32(25-33(34)36(39)42-27-29-15-13-28(26-37)14-16-29)43-35(38)30-17-19-31(20-18-30)40-23-11-8-6-4-2/h4,13-22,25H,2-3,5-12,23-24,27H2,1H3. The topological polar surface area (TPSA) is 94.8 Å². The Hall–Kier alpha value is -4.57. The first-order valence-electron chi connectivity index (χ1n) is 15.0. The molecule has 0 amide bonds. The number of hydrogen-bond acceptors (Lipinski definition) is 7. The molecule has 3 aromatic rings. The Balaban J connectivity index is 1.64. The molecule has 0 aliphatic heterocycles. The minimum atomic E-state index is -0.602. The maximum atomic E-state index is 13.1. The normalized spacial score (nSPS) is 10.4. The van der Waals surface area contributed by atoms with Crippen molar-refractivity contribution < 1.29 is 28.5 Å². The predicted molar refractivity (Wildman–Crippen MR) is 167 cm³/mol. The molecule has 226 valence electrons. The second kappa shape index (κ2) is 18.8. The Morgan fingerprint density at radius 3 is 2.19 bits per heavy atom. The summed E-state index contributed by atoms with van der Waals surface area (Å²) >= 11 is 0. The van der Waals surface area contributed by atoms with Crippen LogP contribution in [0.25, 0.3) is 0 Å². The van der Waals surface area contributed by atoms with E-state index in [2.05, 4.69) is 19.6 Å². The van der Waals surface area contributed by atoms with Crippen LogP contribution in [-0.4, -0.2) is 25.2 Å². The number of ether oxygens (including phenoxy) is 4. The van der Waals surface area contributed by atoms with Crippen LogP contribution in [0.2, 0.25) is 0 Å². The summed E-state index contributed by atoms with van der Waals surface area (Å²) in [6.07, 6.45) is 11.5. The van der Waals surface area contributed by atoms with Crippen molar-refractivity contribution in [2.24, 2.45) is 0 Å². The third kappa shape index (κ3) is 11.7. The van der Waals surface area contributed by atoms with Gasteiger partial charge in [-0.15, -0.1) is 6.58 Å². The lowest BCUT2D eigenvalue weighted by molar-refractivity contribution is 0.0466. The number of benzene rings is 3. The van der Waals surface area contributed by atoms with Crippen LogP contribution in [0.15, 0.2) is 79.4 Å². The smallest absolute Gasteiger partial charge is 0.343 e. The van der Waals surface area contributed by atoms with Crippen LogP contribution < -0.4 is 14.2 Å².